The summed E-state index contributed by atoms with van der Waals surface area (Å²) in [4.78, 5) is 22.2. The maximum absolute atomic E-state index is 12.5. The monoisotopic (exact) mass is 439 g/mol. The highest BCUT2D eigenvalue weighted by molar-refractivity contribution is 8.00. The second kappa shape index (κ2) is 8.53. The average molecular weight is 440 g/mol. The highest BCUT2D eigenvalue weighted by Gasteiger charge is 2.15. The molecule has 4 nitrogen and oxygen atoms in total. The van der Waals surface area contributed by atoms with Crippen LogP contribution in [0.4, 0.5) is 5.69 Å². The number of fused-ring (bicyclic) bond motifs is 1. The number of thiophene rings is 1. The van der Waals surface area contributed by atoms with Crippen molar-refractivity contribution in [2.75, 3.05) is 11.1 Å². The molecule has 2 heterocycles. The standard InChI is InChI=1S/C22H18ClN3OS2/c1-13-3-8-18(14(2)9-13)26-19(27)11-29-22-20-17(10-28-21(20)24-12-25-22)15-4-6-16(23)7-5-15/h3-10,12H,11H2,1-2H3,(H,26,27). The zero-order valence-corrected chi connectivity index (χ0v) is 18.3. The number of benzene rings is 2. The minimum Gasteiger partial charge on any atom is -0.325 e. The molecule has 2 aromatic heterocycles. The second-order valence-corrected chi connectivity index (χ2v) is 8.93. The van der Waals surface area contributed by atoms with E-state index in [2.05, 4.69) is 26.7 Å². The molecule has 1 amide bonds. The first-order valence-electron chi connectivity index (χ1n) is 8.99. The summed E-state index contributed by atoms with van der Waals surface area (Å²) in [6.45, 7) is 4.03. The zero-order valence-electron chi connectivity index (χ0n) is 15.9. The van der Waals surface area contributed by atoms with Gasteiger partial charge in [-0.3, -0.25) is 4.79 Å². The number of carbonyl (C=O) groups excluding carboxylic acids is 1. The van der Waals surface area contributed by atoms with Crippen LogP contribution in [0.1, 0.15) is 11.1 Å². The van der Waals surface area contributed by atoms with E-state index in [1.807, 2.05) is 50.2 Å². The fourth-order valence-electron chi connectivity index (χ4n) is 3.07. The van der Waals surface area contributed by atoms with Crippen LogP contribution in [0.5, 0.6) is 0 Å². The van der Waals surface area contributed by atoms with Crippen molar-refractivity contribution in [3.63, 3.8) is 0 Å². The first kappa shape index (κ1) is 19.9. The van der Waals surface area contributed by atoms with Crippen LogP contribution in [0.3, 0.4) is 0 Å². The number of hydrogen-bond donors (Lipinski definition) is 1. The van der Waals surface area contributed by atoms with Crippen LogP contribution in [-0.4, -0.2) is 21.6 Å². The Labute approximate surface area is 182 Å². The SMILES string of the molecule is Cc1ccc(NC(=O)CSc2ncnc3scc(-c4ccc(Cl)cc4)c23)c(C)c1. The number of nitrogens with zero attached hydrogens (tertiary/aromatic N) is 2. The van der Waals surface area contributed by atoms with Gasteiger partial charge in [0.25, 0.3) is 0 Å². The Morgan fingerprint density at radius 2 is 1.93 bits per heavy atom. The summed E-state index contributed by atoms with van der Waals surface area (Å²) in [7, 11) is 0. The van der Waals surface area contributed by atoms with Crippen molar-refractivity contribution < 1.29 is 4.79 Å². The molecule has 0 radical (unpaired) electrons. The van der Waals surface area contributed by atoms with Gasteiger partial charge in [-0.2, -0.15) is 0 Å². The Kier molecular flexibility index (Phi) is 5.85. The highest BCUT2D eigenvalue weighted by atomic mass is 35.5. The highest BCUT2D eigenvalue weighted by Crippen LogP contribution is 2.38. The first-order valence-corrected chi connectivity index (χ1v) is 11.2. The summed E-state index contributed by atoms with van der Waals surface area (Å²) in [5, 5.41) is 7.53. The molecule has 0 saturated carbocycles. The van der Waals surface area contributed by atoms with Crippen LogP contribution in [-0.2, 0) is 4.79 Å². The predicted octanol–water partition coefficient (Wildman–Crippen LogP) is 6.36. The van der Waals surface area contributed by atoms with Gasteiger partial charge in [-0.1, -0.05) is 53.2 Å². The average Bonchev–Trinajstić information content (AvgIpc) is 3.14. The van der Waals surface area contributed by atoms with Crippen LogP contribution in [0, 0.1) is 13.8 Å². The summed E-state index contributed by atoms with van der Waals surface area (Å²) >= 11 is 9.01. The summed E-state index contributed by atoms with van der Waals surface area (Å²) in [5.41, 5.74) is 5.17. The molecule has 0 fully saturated rings. The lowest BCUT2D eigenvalue weighted by Gasteiger charge is -2.09. The van der Waals surface area contributed by atoms with E-state index in [1.165, 1.54) is 17.3 Å². The Morgan fingerprint density at radius 3 is 2.69 bits per heavy atom. The summed E-state index contributed by atoms with van der Waals surface area (Å²) in [6, 6.07) is 13.7. The number of amides is 1. The molecule has 7 heteroatoms. The number of carbonyl (C=O) groups is 1. The third-order valence-electron chi connectivity index (χ3n) is 4.49. The molecule has 4 rings (SSSR count). The Bertz CT molecular complexity index is 1190. The number of thioether (sulfide) groups is 1. The molecule has 0 saturated heterocycles. The van der Waals surface area contributed by atoms with E-state index in [9.17, 15) is 4.79 Å². The molecule has 146 valence electrons. The molecule has 2 aromatic carbocycles. The quantitative estimate of drug-likeness (QED) is 0.290. The summed E-state index contributed by atoms with van der Waals surface area (Å²) in [6.07, 6.45) is 1.55. The second-order valence-electron chi connectivity index (χ2n) is 6.67. The Morgan fingerprint density at radius 1 is 1.14 bits per heavy atom. The lowest BCUT2D eigenvalue weighted by molar-refractivity contribution is -0.113. The summed E-state index contributed by atoms with van der Waals surface area (Å²) < 4.78 is 0. The van der Waals surface area contributed by atoms with Gasteiger partial charge in [0, 0.05) is 21.7 Å². The van der Waals surface area contributed by atoms with Crippen molar-refractivity contribution in [1.82, 2.24) is 9.97 Å². The van der Waals surface area contributed by atoms with Crippen molar-refractivity contribution in [1.29, 1.82) is 0 Å². The molecule has 1 N–H and O–H groups in total. The predicted molar refractivity (Wildman–Crippen MR) is 123 cm³/mol. The Hall–Kier alpha value is -2.41. The zero-order chi connectivity index (χ0) is 20.4. The topological polar surface area (TPSA) is 54.9 Å². The van der Waals surface area contributed by atoms with E-state index in [0.29, 0.717) is 5.02 Å². The fraction of sp³-hybridized carbons (Fsp3) is 0.136. The normalized spacial score (nSPS) is 11.0. The molecule has 0 unspecified atom stereocenters. The third kappa shape index (κ3) is 4.45. The van der Waals surface area contributed by atoms with E-state index in [-0.39, 0.29) is 11.7 Å². The third-order valence-corrected chi connectivity index (χ3v) is 6.61. The van der Waals surface area contributed by atoms with Crippen LogP contribution in [0.2, 0.25) is 5.02 Å². The molecule has 0 spiro atoms. The lowest BCUT2D eigenvalue weighted by atomic mass is 10.1. The van der Waals surface area contributed by atoms with Crippen molar-refractivity contribution in [2.24, 2.45) is 0 Å². The maximum atomic E-state index is 12.5. The number of rotatable bonds is 5. The maximum Gasteiger partial charge on any atom is 0.234 e. The number of nitrogens with one attached hydrogen (secondary N) is 1. The van der Waals surface area contributed by atoms with Crippen LogP contribution in [0.25, 0.3) is 21.3 Å². The summed E-state index contributed by atoms with van der Waals surface area (Å²) in [5.74, 6) is 0.215. The van der Waals surface area contributed by atoms with Crippen LogP contribution >= 0.6 is 34.7 Å². The van der Waals surface area contributed by atoms with Crippen molar-refractivity contribution in [3.8, 4) is 11.1 Å². The lowest BCUT2D eigenvalue weighted by Crippen LogP contribution is -2.15. The molecule has 0 aliphatic heterocycles. The molecule has 0 bridgehead atoms. The minimum absolute atomic E-state index is 0.0583. The van der Waals surface area contributed by atoms with Gasteiger partial charge in [-0.05, 0) is 43.2 Å². The minimum atomic E-state index is -0.0583. The van der Waals surface area contributed by atoms with E-state index in [0.717, 1.165) is 37.6 Å². The van der Waals surface area contributed by atoms with E-state index in [1.54, 1.807) is 17.7 Å². The number of aryl methyl sites for hydroxylation is 2. The van der Waals surface area contributed by atoms with Crippen molar-refractivity contribution in [3.05, 3.63) is 70.3 Å². The van der Waals surface area contributed by atoms with E-state index in [4.69, 9.17) is 11.6 Å². The molecular formula is C22H18ClN3OS2. The van der Waals surface area contributed by atoms with Crippen LogP contribution < -0.4 is 5.32 Å². The van der Waals surface area contributed by atoms with Gasteiger partial charge in [0.05, 0.1) is 11.1 Å². The molecular weight excluding hydrogens is 422 g/mol. The molecule has 0 aliphatic carbocycles. The van der Waals surface area contributed by atoms with Gasteiger partial charge in [0.2, 0.25) is 5.91 Å². The van der Waals surface area contributed by atoms with Gasteiger partial charge in [0.1, 0.15) is 16.2 Å². The number of aromatic nitrogens is 2. The van der Waals surface area contributed by atoms with Gasteiger partial charge in [0.15, 0.2) is 0 Å². The molecule has 0 aliphatic rings. The largest absolute Gasteiger partial charge is 0.325 e. The van der Waals surface area contributed by atoms with Crippen LogP contribution in [0.15, 0.2) is 59.2 Å². The smallest absolute Gasteiger partial charge is 0.234 e. The number of halogens is 1. The van der Waals surface area contributed by atoms with Crippen molar-refractivity contribution in [2.45, 2.75) is 18.9 Å². The van der Waals surface area contributed by atoms with Gasteiger partial charge >= 0.3 is 0 Å². The number of hydrogen-bond acceptors (Lipinski definition) is 5. The van der Waals surface area contributed by atoms with E-state index < -0.39 is 0 Å². The fourth-order valence-corrected chi connectivity index (χ4v) is 4.99. The Balaban J connectivity index is 1.55. The number of anilines is 1. The molecule has 29 heavy (non-hydrogen) atoms. The van der Waals surface area contributed by atoms with Gasteiger partial charge in [-0.25, -0.2) is 9.97 Å². The molecule has 4 aromatic rings. The van der Waals surface area contributed by atoms with Crippen molar-refractivity contribution >= 4 is 56.5 Å². The van der Waals surface area contributed by atoms with Gasteiger partial charge in [-0.15, -0.1) is 11.3 Å². The van der Waals surface area contributed by atoms with E-state index >= 15 is 0 Å². The first-order chi connectivity index (χ1) is 14.0. The van der Waals surface area contributed by atoms with Gasteiger partial charge < -0.3 is 5.32 Å². The molecule has 0 atom stereocenters.